The van der Waals surface area contributed by atoms with E-state index in [0.717, 1.165) is 6.42 Å². The van der Waals surface area contributed by atoms with Gasteiger partial charge in [-0.15, -0.1) is 0 Å². The predicted octanol–water partition coefficient (Wildman–Crippen LogP) is 2.93. The average Bonchev–Trinajstić information content (AvgIpc) is 2.38. The largest absolute Gasteiger partial charge is 0.384 e. The zero-order valence-corrected chi connectivity index (χ0v) is 13.2. The molecule has 0 saturated heterocycles. The summed E-state index contributed by atoms with van der Waals surface area (Å²) >= 11 is 0. The highest BCUT2D eigenvalue weighted by molar-refractivity contribution is 7.89. The highest BCUT2D eigenvalue weighted by Gasteiger charge is 2.33. The van der Waals surface area contributed by atoms with Crippen LogP contribution in [0.4, 0.5) is 5.69 Å². The first-order valence-corrected chi connectivity index (χ1v) is 8.03. The van der Waals surface area contributed by atoms with Crippen LogP contribution in [-0.2, 0) is 10.0 Å². The Hall–Kier alpha value is -1.07. The van der Waals surface area contributed by atoms with Gasteiger partial charge in [-0.2, -0.15) is 4.31 Å². The molecule has 0 aliphatic rings. The standard InChI is InChI=1S/C14H24N2O2S/c1-6-14(3,4)16(5)19(17,18)13-11-9-8-10-12(13)15-7-2/h8-11,15H,6-7H2,1-5H3. The van der Waals surface area contributed by atoms with Crippen molar-refractivity contribution in [2.24, 2.45) is 0 Å². The van der Waals surface area contributed by atoms with Crippen molar-refractivity contribution in [2.45, 2.75) is 44.6 Å². The fourth-order valence-corrected chi connectivity index (χ4v) is 3.47. The molecule has 0 saturated carbocycles. The number of nitrogens with one attached hydrogen (secondary N) is 1. The number of hydrogen-bond donors (Lipinski definition) is 1. The lowest BCUT2D eigenvalue weighted by atomic mass is 10.0. The second kappa shape index (κ2) is 5.92. The van der Waals surface area contributed by atoms with Gasteiger partial charge in [0.05, 0.1) is 5.69 Å². The van der Waals surface area contributed by atoms with E-state index in [9.17, 15) is 8.42 Å². The molecule has 0 aliphatic heterocycles. The second-order valence-corrected chi connectivity index (χ2v) is 7.10. The lowest BCUT2D eigenvalue weighted by Crippen LogP contribution is -2.44. The normalized spacial score (nSPS) is 12.7. The second-order valence-electron chi connectivity index (χ2n) is 5.17. The highest BCUT2D eigenvalue weighted by Crippen LogP contribution is 2.29. The Labute approximate surface area is 116 Å². The van der Waals surface area contributed by atoms with E-state index in [-0.39, 0.29) is 0 Å². The van der Waals surface area contributed by atoms with Crippen LogP contribution in [0.3, 0.4) is 0 Å². The summed E-state index contributed by atoms with van der Waals surface area (Å²) in [4.78, 5) is 0.334. The quantitative estimate of drug-likeness (QED) is 0.874. The molecule has 0 aromatic heterocycles. The number of hydrogen-bond acceptors (Lipinski definition) is 3. The predicted molar refractivity (Wildman–Crippen MR) is 79.9 cm³/mol. The third-order valence-electron chi connectivity index (χ3n) is 3.61. The van der Waals surface area contributed by atoms with Crippen LogP contribution in [0.25, 0.3) is 0 Å². The third-order valence-corrected chi connectivity index (χ3v) is 5.74. The smallest absolute Gasteiger partial charge is 0.245 e. The Bertz CT molecular complexity index is 524. The van der Waals surface area contributed by atoms with Gasteiger partial charge in [0.25, 0.3) is 0 Å². The molecule has 1 aromatic carbocycles. The van der Waals surface area contributed by atoms with Crippen molar-refractivity contribution < 1.29 is 8.42 Å². The minimum absolute atomic E-state index is 0.334. The van der Waals surface area contributed by atoms with E-state index in [2.05, 4.69) is 5.32 Å². The lowest BCUT2D eigenvalue weighted by molar-refractivity contribution is 0.257. The lowest BCUT2D eigenvalue weighted by Gasteiger charge is -2.34. The van der Waals surface area contributed by atoms with Gasteiger partial charge in [0.1, 0.15) is 4.90 Å². The SMILES string of the molecule is CCNc1ccccc1S(=O)(=O)N(C)C(C)(C)CC. The van der Waals surface area contributed by atoms with Gasteiger partial charge in [-0.1, -0.05) is 19.1 Å². The first kappa shape index (κ1) is 16.0. The molecule has 5 heteroatoms. The summed E-state index contributed by atoms with van der Waals surface area (Å²) in [6.45, 7) is 8.49. The van der Waals surface area contributed by atoms with Crippen LogP contribution in [0, 0.1) is 0 Å². The van der Waals surface area contributed by atoms with Crippen LogP contribution < -0.4 is 5.32 Å². The molecule has 108 valence electrons. The van der Waals surface area contributed by atoms with E-state index in [4.69, 9.17) is 0 Å². The first-order chi connectivity index (χ1) is 8.77. The van der Waals surface area contributed by atoms with Gasteiger partial charge in [-0.05, 0) is 39.3 Å². The maximum Gasteiger partial charge on any atom is 0.245 e. The molecule has 0 spiro atoms. The summed E-state index contributed by atoms with van der Waals surface area (Å²) in [5, 5.41) is 3.10. The molecule has 0 bridgehead atoms. The Kier molecular flexibility index (Phi) is 4.98. The van der Waals surface area contributed by atoms with Crippen LogP contribution in [0.1, 0.15) is 34.1 Å². The molecular weight excluding hydrogens is 260 g/mol. The maximum atomic E-state index is 12.7. The number of anilines is 1. The van der Waals surface area contributed by atoms with Gasteiger partial charge in [-0.3, -0.25) is 0 Å². The topological polar surface area (TPSA) is 49.4 Å². The fourth-order valence-electron chi connectivity index (χ4n) is 1.72. The molecule has 0 aliphatic carbocycles. The number of nitrogens with zero attached hydrogens (tertiary/aromatic N) is 1. The number of benzene rings is 1. The zero-order valence-electron chi connectivity index (χ0n) is 12.4. The first-order valence-electron chi connectivity index (χ1n) is 6.59. The Balaban J connectivity index is 3.28. The van der Waals surface area contributed by atoms with Crippen LogP contribution in [0.15, 0.2) is 29.2 Å². The molecule has 1 aromatic rings. The summed E-state index contributed by atoms with van der Waals surface area (Å²) in [6, 6.07) is 7.03. The van der Waals surface area contributed by atoms with Gasteiger partial charge < -0.3 is 5.32 Å². The van der Waals surface area contributed by atoms with Crippen molar-refractivity contribution in [3.05, 3.63) is 24.3 Å². The minimum atomic E-state index is -3.49. The molecule has 1 N–H and O–H groups in total. The van der Waals surface area contributed by atoms with E-state index in [1.54, 1.807) is 25.2 Å². The minimum Gasteiger partial charge on any atom is -0.384 e. The summed E-state index contributed by atoms with van der Waals surface area (Å²) < 4.78 is 26.9. The molecule has 19 heavy (non-hydrogen) atoms. The van der Waals surface area contributed by atoms with Crippen molar-refractivity contribution in [1.82, 2.24) is 4.31 Å². The van der Waals surface area contributed by atoms with E-state index in [0.29, 0.717) is 17.1 Å². The molecule has 0 radical (unpaired) electrons. The molecular formula is C14H24N2O2S. The summed E-state index contributed by atoms with van der Waals surface area (Å²) in [5.74, 6) is 0. The molecule has 4 nitrogen and oxygen atoms in total. The van der Waals surface area contributed by atoms with Crippen molar-refractivity contribution in [3.8, 4) is 0 Å². The van der Waals surface area contributed by atoms with E-state index in [1.807, 2.05) is 33.8 Å². The molecule has 0 heterocycles. The maximum absolute atomic E-state index is 12.7. The van der Waals surface area contributed by atoms with E-state index >= 15 is 0 Å². The molecule has 0 unspecified atom stereocenters. The zero-order chi connectivity index (χ0) is 14.7. The van der Waals surface area contributed by atoms with Gasteiger partial charge >= 0.3 is 0 Å². The summed E-state index contributed by atoms with van der Waals surface area (Å²) in [7, 11) is -1.85. The van der Waals surface area contributed by atoms with Crippen LogP contribution in [-0.4, -0.2) is 31.9 Å². The van der Waals surface area contributed by atoms with Gasteiger partial charge in [0, 0.05) is 19.1 Å². The van der Waals surface area contributed by atoms with Gasteiger partial charge in [0.15, 0.2) is 0 Å². The number of sulfonamides is 1. The van der Waals surface area contributed by atoms with Gasteiger partial charge in [0.2, 0.25) is 10.0 Å². The van der Waals surface area contributed by atoms with Crippen LogP contribution >= 0.6 is 0 Å². The van der Waals surface area contributed by atoms with E-state index in [1.165, 1.54) is 4.31 Å². The summed E-state index contributed by atoms with van der Waals surface area (Å²) in [5.41, 5.74) is 0.252. The van der Waals surface area contributed by atoms with Crippen molar-refractivity contribution in [1.29, 1.82) is 0 Å². The van der Waals surface area contributed by atoms with Gasteiger partial charge in [-0.25, -0.2) is 8.42 Å². The molecule has 0 fully saturated rings. The Morgan fingerprint density at radius 2 is 1.79 bits per heavy atom. The number of rotatable bonds is 6. The van der Waals surface area contributed by atoms with Crippen LogP contribution in [0.5, 0.6) is 0 Å². The third kappa shape index (κ3) is 3.28. The molecule has 1 rings (SSSR count). The highest BCUT2D eigenvalue weighted by atomic mass is 32.2. The van der Waals surface area contributed by atoms with E-state index < -0.39 is 15.6 Å². The average molecular weight is 284 g/mol. The van der Waals surface area contributed by atoms with Crippen molar-refractivity contribution >= 4 is 15.7 Å². The number of para-hydroxylation sites is 1. The monoisotopic (exact) mass is 284 g/mol. The molecule has 0 amide bonds. The Morgan fingerprint density at radius 3 is 2.32 bits per heavy atom. The molecule has 0 atom stereocenters. The summed E-state index contributed by atoms with van der Waals surface area (Å²) in [6.07, 6.45) is 0.756. The fraction of sp³-hybridized carbons (Fsp3) is 0.571. The Morgan fingerprint density at radius 1 is 1.21 bits per heavy atom. The van der Waals surface area contributed by atoms with Crippen LogP contribution in [0.2, 0.25) is 0 Å². The van der Waals surface area contributed by atoms with Crippen molar-refractivity contribution in [3.63, 3.8) is 0 Å². The van der Waals surface area contributed by atoms with Crippen molar-refractivity contribution in [2.75, 3.05) is 18.9 Å².